The molecule has 0 spiro atoms. The molecule has 1 aromatic heterocycles. The number of amides is 1. The van der Waals surface area contributed by atoms with E-state index in [1.807, 2.05) is 11.0 Å². The smallest absolute Gasteiger partial charge is 0.252 e. The van der Waals surface area contributed by atoms with E-state index in [0.717, 1.165) is 43.9 Å². The fourth-order valence-corrected chi connectivity index (χ4v) is 7.63. The van der Waals surface area contributed by atoms with Crippen LogP contribution in [0, 0.1) is 0 Å². The van der Waals surface area contributed by atoms with Crippen molar-refractivity contribution in [1.82, 2.24) is 14.1 Å². The van der Waals surface area contributed by atoms with Gasteiger partial charge in [0.25, 0.3) is 10.0 Å². The Labute approximate surface area is 172 Å². The molecule has 0 atom stereocenters. The Kier molecular flexibility index (Phi) is 6.40. The number of piperazine rings is 1. The van der Waals surface area contributed by atoms with Gasteiger partial charge in [0.2, 0.25) is 5.91 Å². The summed E-state index contributed by atoms with van der Waals surface area (Å²) < 4.78 is 28.1. The summed E-state index contributed by atoms with van der Waals surface area (Å²) in [6.45, 7) is 4.46. The van der Waals surface area contributed by atoms with Gasteiger partial charge in [-0.25, -0.2) is 8.42 Å². The fraction of sp³-hybridized carbons (Fsp3) is 0.750. The Morgan fingerprint density at radius 2 is 1.61 bits per heavy atom. The predicted molar refractivity (Wildman–Crippen MR) is 111 cm³/mol. The van der Waals surface area contributed by atoms with Crippen LogP contribution in [0.5, 0.6) is 0 Å². The molecule has 28 heavy (non-hydrogen) atoms. The largest absolute Gasteiger partial charge is 0.342 e. The molecule has 0 unspecified atom stereocenters. The van der Waals surface area contributed by atoms with Crippen LogP contribution in [0.1, 0.15) is 49.8 Å². The summed E-state index contributed by atoms with van der Waals surface area (Å²) in [7, 11) is -3.45. The number of hydrogen-bond donors (Lipinski definition) is 0. The van der Waals surface area contributed by atoms with Crippen LogP contribution >= 0.6 is 11.3 Å². The van der Waals surface area contributed by atoms with Crippen LogP contribution < -0.4 is 0 Å². The minimum absolute atomic E-state index is 0.115. The van der Waals surface area contributed by atoms with Crippen LogP contribution in [-0.4, -0.2) is 73.7 Å². The number of hydrogen-bond acceptors (Lipinski definition) is 5. The van der Waals surface area contributed by atoms with Crippen molar-refractivity contribution in [2.75, 3.05) is 39.3 Å². The first kappa shape index (κ1) is 20.3. The maximum Gasteiger partial charge on any atom is 0.252 e. The Bertz CT molecular complexity index is 772. The molecule has 4 rings (SSSR count). The van der Waals surface area contributed by atoms with Crippen LogP contribution in [0.2, 0.25) is 0 Å². The molecule has 8 heteroatoms. The molecular weight excluding hydrogens is 394 g/mol. The molecule has 6 nitrogen and oxygen atoms in total. The molecule has 1 aromatic rings. The Balaban J connectivity index is 1.35. The van der Waals surface area contributed by atoms with Gasteiger partial charge in [-0.1, -0.05) is 19.3 Å². The number of rotatable bonds is 5. The van der Waals surface area contributed by atoms with E-state index in [2.05, 4.69) is 4.90 Å². The minimum atomic E-state index is -3.45. The predicted octanol–water partition coefficient (Wildman–Crippen LogP) is 2.55. The van der Waals surface area contributed by atoms with Crippen molar-refractivity contribution < 1.29 is 13.2 Å². The number of carbonyl (C=O) groups is 1. The second kappa shape index (κ2) is 8.81. The summed E-state index contributed by atoms with van der Waals surface area (Å²) in [6.07, 6.45) is 8.92. The molecule has 1 aliphatic carbocycles. The van der Waals surface area contributed by atoms with Crippen molar-refractivity contribution in [2.24, 2.45) is 0 Å². The standard InChI is InChI=1S/C20H31N3O3S2/c24-19(22-10-4-5-11-22)16-18-8-9-20(27-18)28(25,26)23-14-12-21(13-15-23)17-6-2-1-3-7-17/h8-9,17H,1-7,10-16H2. The quantitative estimate of drug-likeness (QED) is 0.727. The van der Waals surface area contributed by atoms with E-state index < -0.39 is 10.0 Å². The summed E-state index contributed by atoms with van der Waals surface area (Å²) in [5.74, 6) is 0.115. The summed E-state index contributed by atoms with van der Waals surface area (Å²) >= 11 is 1.26. The van der Waals surface area contributed by atoms with Crippen LogP contribution in [0.4, 0.5) is 0 Å². The van der Waals surface area contributed by atoms with Crippen LogP contribution in [0.3, 0.4) is 0 Å². The lowest BCUT2D eigenvalue weighted by Crippen LogP contribution is -2.52. The number of carbonyl (C=O) groups excluding carboxylic acids is 1. The van der Waals surface area contributed by atoms with Crippen LogP contribution in [-0.2, 0) is 21.2 Å². The molecular formula is C20H31N3O3S2. The van der Waals surface area contributed by atoms with E-state index in [0.29, 0.717) is 29.8 Å². The monoisotopic (exact) mass is 425 g/mol. The van der Waals surface area contributed by atoms with Crippen LogP contribution in [0.15, 0.2) is 16.3 Å². The molecule has 2 saturated heterocycles. The molecule has 1 saturated carbocycles. The topological polar surface area (TPSA) is 60.9 Å². The molecule has 3 heterocycles. The first-order valence-corrected chi connectivity index (χ1v) is 12.9. The third kappa shape index (κ3) is 4.45. The highest BCUT2D eigenvalue weighted by Gasteiger charge is 2.32. The van der Waals surface area contributed by atoms with Gasteiger partial charge in [-0.15, -0.1) is 11.3 Å². The maximum atomic E-state index is 13.0. The van der Waals surface area contributed by atoms with Crippen LogP contribution in [0.25, 0.3) is 0 Å². The maximum absolute atomic E-state index is 13.0. The highest BCUT2D eigenvalue weighted by atomic mass is 32.2. The number of likely N-dealkylation sites (tertiary alicyclic amines) is 1. The third-order valence-electron chi connectivity index (χ3n) is 6.38. The van der Waals surface area contributed by atoms with Crippen molar-refractivity contribution in [3.05, 3.63) is 17.0 Å². The second-order valence-corrected chi connectivity index (χ2v) is 11.6. The average molecular weight is 426 g/mol. The summed E-state index contributed by atoms with van der Waals surface area (Å²) in [5.41, 5.74) is 0. The van der Waals surface area contributed by atoms with Gasteiger partial charge in [0, 0.05) is 50.2 Å². The third-order valence-corrected chi connectivity index (χ3v) is 9.83. The first-order valence-electron chi connectivity index (χ1n) is 10.6. The molecule has 0 aromatic carbocycles. The van der Waals surface area contributed by atoms with Crippen molar-refractivity contribution in [1.29, 1.82) is 0 Å². The Hall–Kier alpha value is -0.960. The number of thiophene rings is 1. The number of sulfonamides is 1. The lowest BCUT2D eigenvalue weighted by molar-refractivity contribution is -0.129. The summed E-state index contributed by atoms with van der Waals surface area (Å²) in [5, 5.41) is 0. The Morgan fingerprint density at radius 3 is 2.29 bits per heavy atom. The van der Waals surface area contributed by atoms with Gasteiger partial charge in [0.15, 0.2) is 0 Å². The van der Waals surface area contributed by atoms with Crippen molar-refractivity contribution in [3.63, 3.8) is 0 Å². The fourth-order valence-electron chi connectivity index (χ4n) is 4.70. The van der Waals surface area contributed by atoms with Gasteiger partial charge in [-0.3, -0.25) is 9.69 Å². The highest BCUT2D eigenvalue weighted by Crippen LogP contribution is 2.28. The normalized spacial score (nSPS) is 23.4. The number of nitrogens with zero attached hydrogens (tertiary/aromatic N) is 3. The van der Waals surface area contributed by atoms with Gasteiger partial charge < -0.3 is 4.90 Å². The molecule has 2 aliphatic heterocycles. The van der Waals surface area contributed by atoms with Crippen molar-refractivity contribution >= 4 is 27.3 Å². The van der Waals surface area contributed by atoms with E-state index in [1.54, 1.807) is 10.4 Å². The lowest BCUT2D eigenvalue weighted by Gasteiger charge is -2.40. The first-order chi connectivity index (χ1) is 13.5. The lowest BCUT2D eigenvalue weighted by atomic mass is 9.94. The zero-order chi connectivity index (χ0) is 19.6. The molecule has 3 aliphatic rings. The SMILES string of the molecule is O=C(Cc1ccc(S(=O)(=O)N2CCN(C3CCCCC3)CC2)s1)N1CCCC1. The molecule has 0 bridgehead atoms. The molecule has 3 fully saturated rings. The average Bonchev–Trinajstić information content (AvgIpc) is 3.41. The van der Waals surface area contributed by atoms with E-state index >= 15 is 0 Å². The minimum Gasteiger partial charge on any atom is -0.342 e. The van der Waals surface area contributed by atoms with E-state index in [1.165, 1.54) is 43.4 Å². The van der Waals surface area contributed by atoms with Gasteiger partial charge in [-0.2, -0.15) is 4.31 Å². The Morgan fingerprint density at radius 1 is 0.929 bits per heavy atom. The van der Waals surface area contributed by atoms with Gasteiger partial charge in [-0.05, 0) is 37.8 Å². The molecule has 0 radical (unpaired) electrons. The van der Waals surface area contributed by atoms with Crippen molar-refractivity contribution in [2.45, 2.75) is 61.6 Å². The molecule has 156 valence electrons. The van der Waals surface area contributed by atoms with E-state index in [4.69, 9.17) is 0 Å². The van der Waals surface area contributed by atoms with Crippen molar-refractivity contribution in [3.8, 4) is 0 Å². The van der Waals surface area contributed by atoms with Gasteiger partial charge in [0.05, 0.1) is 6.42 Å². The molecule has 1 amide bonds. The molecule has 0 N–H and O–H groups in total. The summed E-state index contributed by atoms with van der Waals surface area (Å²) in [6, 6.07) is 4.13. The van der Waals surface area contributed by atoms with E-state index in [9.17, 15) is 13.2 Å². The second-order valence-electron chi connectivity index (χ2n) is 8.22. The zero-order valence-corrected chi connectivity index (χ0v) is 18.1. The van der Waals surface area contributed by atoms with Gasteiger partial charge >= 0.3 is 0 Å². The summed E-state index contributed by atoms with van der Waals surface area (Å²) in [4.78, 5) is 17.5. The highest BCUT2D eigenvalue weighted by molar-refractivity contribution is 7.91. The zero-order valence-electron chi connectivity index (χ0n) is 16.5. The van der Waals surface area contributed by atoms with Gasteiger partial charge in [0.1, 0.15) is 4.21 Å². The van der Waals surface area contributed by atoms with E-state index in [-0.39, 0.29) is 5.91 Å².